The lowest BCUT2D eigenvalue weighted by Crippen LogP contribution is -2.44. The second-order valence-corrected chi connectivity index (χ2v) is 3.65. The molecule has 0 unspecified atom stereocenters. The summed E-state index contributed by atoms with van der Waals surface area (Å²) in [6, 6.07) is 3.65. The molecule has 4 heteroatoms. The van der Waals surface area contributed by atoms with Gasteiger partial charge in [-0.3, -0.25) is 0 Å². The van der Waals surface area contributed by atoms with E-state index in [-0.39, 0.29) is 0 Å². The summed E-state index contributed by atoms with van der Waals surface area (Å²) in [4.78, 5) is 4.87. The van der Waals surface area contributed by atoms with Gasteiger partial charge >= 0.3 is 0 Å². The van der Waals surface area contributed by atoms with Gasteiger partial charge in [-0.15, -0.1) is 0 Å². The first-order valence-corrected chi connectivity index (χ1v) is 6.45. The summed E-state index contributed by atoms with van der Waals surface area (Å²) < 4.78 is 0. The van der Waals surface area contributed by atoms with Crippen molar-refractivity contribution in [2.75, 3.05) is 39.8 Å². The molecule has 4 nitrogen and oxygen atoms in total. The molecule has 0 bridgehead atoms. The Hall–Kier alpha value is -1.00. The monoisotopic (exact) mass is 238 g/mol. The van der Waals surface area contributed by atoms with Crippen LogP contribution < -0.4 is 0 Å². The number of likely N-dealkylation sites (N-methyl/N-ethyl adjacent to an activating group) is 2. The number of nitrogens with zero attached hydrogens (tertiary/aromatic N) is 4. The minimum atomic E-state index is 1.22. The van der Waals surface area contributed by atoms with Crippen molar-refractivity contribution in [2.45, 2.75) is 20.8 Å². The smallest absolute Gasteiger partial charge is 0.0496 e. The van der Waals surface area contributed by atoms with Crippen molar-refractivity contribution in [3.63, 3.8) is 0 Å². The zero-order valence-corrected chi connectivity index (χ0v) is 11.6. The number of piperazine rings is 1. The van der Waals surface area contributed by atoms with Crippen LogP contribution in [0.2, 0.25) is 0 Å². The molecule has 1 saturated heterocycles. The molecule has 1 aromatic rings. The van der Waals surface area contributed by atoms with Gasteiger partial charge in [-0.1, -0.05) is 20.8 Å². The maximum Gasteiger partial charge on any atom is 0.0496 e. The third-order valence-electron chi connectivity index (χ3n) is 2.53. The molecule has 2 heterocycles. The predicted molar refractivity (Wildman–Crippen MR) is 73.0 cm³/mol. The van der Waals surface area contributed by atoms with Gasteiger partial charge in [-0.05, 0) is 25.7 Å². The highest BCUT2D eigenvalue weighted by molar-refractivity contribution is 4.79. The molecule has 1 fully saturated rings. The maximum absolute atomic E-state index is 3.53. The lowest BCUT2D eigenvalue weighted by Gasteiger charge is -2.31. The van der Waals surface area contributed by atoms with Crippen molar-refractivity contribution in [2.24, 2.45) is 0 Å². The Bertz CT molecular complexity index is 206. The molecule has 0 amide bonds. The van der Waals surface area contributed by atoms with E-state index in [4.69, 9.17) is 0 Å². The number of hydrogen-bond donors (Lipinski definition) is 0. The van der Waals surface area contributed by atoms with Crippen LogP contribution in [0.1, 0.15) is 20.8 Å². The molecule has 2 rings (SSSR count). The van der Waals surface area contributed by atoms with E-state index in [1.165, 1.54) is 32.7 Å². The molecule has 1 aliphatic heterocycles. The first-order chi connectivity index (χ1) is 8.33. The lowest BCUT2D eigenvalue weighted by molar-refractivity contribution is 0.160. The molecule has 0 radical (unpaired) electrons. The van der Waals surface area contributed by atoms with Crippen LogP contribution in [0.3, 0.4) is 0 Å². The first-order valence-electron chi connectivity index (χ1n) is 6.45. The zero-order valence-electron chi connectivity index (χ0n) is 11.6. The number of aromatic nitrogens is 2. The zero-order chi connectivity index (χ0) is 12.9. The van der Waals surface area contributed by atoms with Crippen molar-refractivity contribution in [1.82, 2.24) is 20.0 Å². The Balaban J connectivity index is 0.000000278. The van der Waals surface area contributed by atoms with Crippen LogP contribution in [-0.4, -0.2) is 59.8 Å². The summed E-state index contributed by atoms with van der Waals surface area (Å²) in [5, 5.41) is 7.07. The van der Waals surface area contributed by atoms with Crippen LogP contribution in [-0.2, 0) is 0 Å². The summed E-state index contributed by atoms with van der Waals surface area (Å²) in [6.07, 6.45) is 3.28. The molecule has 17 heavy (non-hydrogen) atoms. The fourth-order valence-electron chi connectivity index (χ4n) is 1.42. The highest BCUT2D eigenvalue weighted by Gasteiger charge is 2.10. The standard InChI is InChI=1S/C7H16N2.C4H4N2.C2H6/c1-3-9-6-4-8(2)5-7-9;1-2-4-6-5-3-1;1-2/h3-7H2,1-2H3;1-4H;1-2H3. The quantitative estimate of drug-likeness (QED) is 0.746. The van der Waals surface area contributed by atoms with Gasteiger partial charge in [-0.2, -0.15) is 10.2 Å². The van der Waals surface area contributed by atoms with E-state index in [2.05, 4.69) is 34.0 Å². The minimum absolute atomic E-state index is 1.22. The van der Waals surface area contributed by atoms with Crippen molar-refractivity contribution in [1.29, 1.82) is 0 Å². The molecular formula is C13H26N4. The van der Waals surface area contributed by atoms with Crippen molar-refractivity contribution < 1.29 is 0 Å². The van der Waals surface area contributed by atoms with Crippen molar-refractivity contribution in [3.8, 4) is 0 Å². The molecule has 0 aliphatic carbocycles. The Morgan fingerprint density at radius 1 is 0.941 bits per heavy atom. The summed E-state index contributed by atoms with van der Waals surface area (Å²) in [5.41, 5.74) is 0. The van der Waals surface area contributed by atoms with Gasteiger partial charge in [0.2, 0.25) is 0 Å². The van der Waals surface area contributed by atoms with Crippen LogP contribution in [0.4, 0.5) is 0 Å². The molecule has 1 aromatic heterocycles. The second-order valence-electron chi connectivity index (χ2n) is 3.65. The van der Waals surface area contributed by atoms with Crippen molar-refractivity contribution >= 4 is 0 Å². The number of hydrogen-bond acceptors (Lipinski definition) is 4. The average Bonchev–Trinajstić information content (AvgIpc) is 2.44. The van der Waals surface area contributed by atoms with Crippen molar-refractivity contribution in [3.05, 3.63) is 24.5 Å². The summed E-state index contributed by atoms with van der Waals surface area (Å²) in [5.74, 6) is 0. The van der Waals surface area contributed by atoms with Crippen LogP contribution in [0.15, 0.2) is 24.5 Å². The lowest BCUT2D eigenvalue weighted by atomic mass is 10.3. The first kappa shape index (κ1) is 16.0. The highest BCUT2D eigenvalue weighted by Crippen LogP contribution is 1.96. The van der Waals surface area contributed by atoms with E-state index in [9.17, 15) is 0 Å². The van der Waals surface area contributed by atoms with E-state index in [0.29, 0.717) is 0 Å². The average molecular weight is 238 g/mol. The number of rotatable bonds is 1. The Morgan fingerprint density at radius 2 is 1.41 bits per heavy atom. The van der Waals surface area contributed by atoms with Gasteiger partial charge in [0.15, 0.2) is 0 Å². The Labute approximate surface area is 106 Å². The van der Waals surface area contributed by atoms with Crippen LogP contribution >= 0.6 is 0 Å². The van der Waals surface area contributed by atoms with Gasteiger partial charge in [-0.25, -0.2) is 0 Å². The van der Waals surface area contributed by atoms with E-state index in [1.807, 2.05) is 26.0 Å². The van der Waals surface area contributed by atoms with Gasteiger partial charge in [0.05, 0.1) is 0 Å². The largest absolute Gasteiger partial charge is 0.304 e. The Morgan fingerprint density at radius 3 is 1.71 bits per heavy atom. The minimum Gasteiger partial charge on any atom is -0.304 e. The Kier molecular flexibility index (Phi) is 10.8. The van der Waals surface area contributed by atoms with Gasteiger partial charge < -0.3 is 9.80 Å². The highest BCUT2D eigenvalue weighted by atomic mass is 15.2. The molecule has 0 aromatic carbocycles. The van der Waals surface area contributed by atoms with Crippen LogP contribution in [0.5, 0.6) is 0 Å². The molecule has 1 aliphatic rings. The van der Waals surface area contributed by atoms with Gasteiger partial charge in [0.25, 0.3) is 0 Å². The summed E-state index contributed by atoms with van der Waals surface area (Å²) >= 11 is 0. The van der Waals surface area contributed by atoms with Crippen LogP contribution in [0, 0.1) is 0 Å². The fraction of sp³-hybridized carbons (Fsp3) is 0.692. The van der Waals surface area contributed by atoms with E-state index in [0.717, 1.165) is 0 Å². The molecule has 0 spiro atoms. The second kappa shape index (κ2) is 11.5. The fourth-order valence-corrected chi connectivity index (χ4v) is 1.42. The molecule has 0 saturated carbocycles. The van der Waals surface area contributed by atoms with E-state index in [1.54, 1.807) is 12.4 Å². The third kappa shape index (κ3) is 8.77. The SMILES string of the molecule is CC.CCN1CCN(C)CC1.c1ccnnc1. The van der Waals surface area contributed by atoms with Gasteiger partial charge in [0.1, 0.15) is 0 Å². The van der Waals surface area contributed by atoms with E-state index < -0.39 is 0 Å². The molecule has 0 atom stereocenters. The predicted octanol–water partition coefficient (Wildman–Crippen LogP) is 1.76. The normalized spacial score (nSPS) is 16.2. The van der Waals surface area contributed by atoms with Gasteiger partial charge in [0, 0.05) is 38.6 Å². The summed E-state index contributed by atoms with van der Waals surface area (Å²) in [6.45, 7) is 12.4. The van der Waals surface area contributed by atoms with Crippen LogP contribution in [0.25, 0.3) is 0 Å². The topological polar surface area (TPSA) is 32.3 Å². The third-order valence-corrected chi connectivity index (χ3v) is 2.53. The van der Waals surface area contributed by atoms with E-state index >= 15 is 0 Å². The molecule has 98 valence electrons. The molecule has 0 N–H and O–H groups in total. The summed E-state index contributed by atoms with van der Waals surface area (Å²) in [7, 11) is 2.19. The molecular weight excluding hydrogens is 212 g/mol. The maximum atomic E-state index is 3.53.